The van der Waals surface area contributed by atoms with Crippen molar-refractivity contribution in [3.63, 3.8) is 0 Å². The van der Waals surface area contributed by atoms with Crippen LogP contribution in [-0.4, -0.2) is 87.1 Å². The molecule has 3 heterocycles. The Labute approximate surface area is 205 Å². The highest BCUT2D eigenvalue weighted by Gasteiger charge is 2.37. The molecule has 3 N–H and O–H groups in total. The summed E-state index contributed by atoms with van der Waals surface area (Å²) < 4.78 is 13.1. The number of carbonyl (C=O) groups excluding carboxylic acids is 2. The number of aliphatic hydroxyl groups is 1. The van der Waals surface area contributed by atoms with E-state index in [0.29, 0.717) is 23.5 Å². The molecule has 9 nitrogen and oxygen atoms in total. The molecule has 0 bridgehead atoms. The number of rotatable bonds is 4. The molecule has 1 amide bonds. The third-order valence-electron chi connectivity index (χ3n) is 6.25. The fourth-order valence-electron chi connectivity index (χ4n) is 4.43. The molecule has 0 spiro atoms. The molecule has 2 aromatic rings. The van der Waals surface area contributed by atoms with E-state index in [1.54, 1.807) is 17.0 Å². The predicted octanol–water partition coefficient (Wildman–Crippen LogP) is 2.21. The highest BCUT2D eigenvalue weighted by atomic mass is 32.1. The molecule has 11 heteroatoms. The van der Waals surface area contributed by atoms with E-state index in [1.165, 1.54) is 23.5 Å². The van der Waals surface area contributed by atoms with Crippen molar-refractivity contribution in [3.05, 3.63) is 58.0 Å². The molecule has 2 fully saturated rings. The number of likely N-dealkylation sites (tertiary alicyclic amines) is 2. The van der Waals surface area contributed by atoms with Crippen molar-refractivity contribution < 1.29 is 38.9 Å². The van der Waals surface area contributed by atoms with Crippen LogP contribution in [0.5, 0.6) is 0 Å². The molecule has 2 saturated heterocycles. The van der Waals surface area contributed by atoms with Gasteiger partial charge < -0.3 is 20.2 Å². The molecule has 1 aromatic heterocycles. The number of amides is 1. The van der Waals surface area contributed by atoms with Gasteiger partial charge in [-0.15, -0.1) is 11.3 Å². The highest BCUT2D eigenvalue weighted by Crippen LogP contribution is 2.27. The number of halogens is 1. The van der Waals surface area contributed by atoms with Crippen molar-refractivity contribution in [2.24, 2.45) is 5.92 Å². The van der Waals surface area contributed by atoms with Crippen LogP contribution in [0.4, 0.5) is 4.39 Å². The summed E-state index contributed by atoms with van der Waals surface area (Å²) in [6.45, 7) is 2.47. The second-order valence-corrected chi connectivity index (χ2v) is 9.39. The van der Waals surface area contributed by atoms with Crippen LogP contribution in [0.3, 0.4) is 0 Å². The Kier molecular flexibility index (Phi) is 9.07. The lowest BCUT2D eigenvalue weighted by Gasteiger charge is -2.44. The molecule has 4 rings (SSSR count). The molecule has 2 aliphatic heterocycles. The summed E-state index contributed by atoms with van der Waals surface area (Å²) in [5, 5.41) is 27.3. The number of aliphatic hydroxyl groups excluding tert-OH is 1. The summed E-state index contributed by atoms with van der Waals surface area (Å²) in [6, 6.07) is 9.44. The second-order valence-electron chi connectivity index (χ2n) is 8.44. The summed E-state index contributed by atoms with van der Waals surface area (Å²) >= 11 is 1.42. The number of thiophene rings is 1. The maximum absolute atomic E-state index is 13.1. The van der Waals surface area contributed by atoms with Gasteiger partial charge in [0.2, 0.25) is 0 Å². The van der Waals surface area contributed by atoms with Gasteiger partial charge in [-0.3, -0.25) is 14.5 Å². The van der Waals surface area contributed by atoms with E-state index >= 15 is 0 Å². The summed E-state index contributed by atoms with van der Waals surface area (Å²) in [4.78, 5) is 48.1. The van der Waals surface area contributed by atoms with Crippen molar-refractivity contribution in [2.75, 3.05) is 26.2 Å². The Balaban J connectivity index is 0.000000509. The quantitative estimate of drug-likeness (QED) is 0.424. The monoisotopic (exact) mass is 506 g/mol. The number of hydrogen-bond donors (Lipinski definition) is 3. The van der Waals surface area contributed by atoms with Crippen LogP contribution in [0.2, 0.25) is 0 Å². The van der Waals surface area contributed by atoms with Crippen LogP contribution in [0.15, 0.2) is 41.8 Å². The second kappa shape index (κ2) is 12.0. The van der Waals surface area contributed by atoms with Gasteiger partial charge in [0.25, 0.3) is 5.91 Å². The Morgan fingerprint density at radius 1 is 0.914 bits per heavy atom. The van der Waals surface area contributed by atoms with E-state index in [0.717, 1.165) is 32.4 Å². The normalized spacial score (nSPS) is 21.0. The third kappa shape index (κ3) is 6.93. The first-order valence-electron chi connectivity index (χ1n) is 11.2. The standard InChI is InChI=1S/C22H25FN2O3S.C2H2O4/c23-17-5-3-15(4-6-17)21(27)16-7-10-24(11-8-16)18-9-12-25(14-19(18)26)22(28)20-2-1-13-29-20;3-1(4)2(5)6/h1-6,13,16,18-19,26H,7-12,14H2;(H,3,4)(H,5,6)/t18-,19-;/m1./s1. The number of β-amino-alcohol motifs (C(OH)–C–C–N with tert-alkyl or cyclic N) is 1. The van der Waals surface area contributed by atoms with Crippen molar-refractivity contribution in [2.45, 2.75) is 31.4 Å². The van der Waals surface area contributed by atoms with Gasteiger partial charge in [0.15, 0.2) is 5.78 Å². The lowest BCUT2D eigenvalue weighted by molar-refractivity contribution is -0.159. The lowest BCUT2D eigenvalue weighted by Crippen LogP contribution is -2.57. The minimum absolute atomic E-state index is 0.0129. The number of nitrogens with zero attached hydrogens (tertiary/aromatic N) is 2. The number of carboxylic acid groups (broad SMARTS) is 2. The predicted molar refractivity (Wildman–Crippen MR) is 125 cm³/mol. The van der Waals surface area contributed by atoms with E-state index in [1.807, 2.05) is 17.5 Å². The average molecular weight is 507 g/mol. The number of hydrogen-bond acceptors (Lipinski definition) is 7. The molecular formula is C24H27FN2O7S. The van der Waals surface area contributed by atoms with Gasteiger partial charge >= 0.3 is 11.9 Å². The van der Waals surface area contributed by atoms with Crippen LogP contribution in [0.1, 0.15) is 39.3 Å². The largest absolute Gasteiger partial charge is 0.473 e. The zero-order valence-corrected chi connectivity index (χ0v) is 19.7. The van der Waals surface area contributed by atoms with Crippen molar-refractivity contribution in [3.8, 4) is 0 Å². The first kappa shape index (κ1) is 26.5. The van der Waals surface area contributed by atoms with E-state index in [2.05, 4.69) is 4.90 Å². The Morgan fingerprint density at radius 2 is 1.54 bits per heavy atom. The lowest BCUT2D eigenvalue weighted by atomic mass is 9.87. The maximum Gasteiger partial charge on any atom is 0.414 e. The van der Waals surface area contributed by atoms with E-state index in [9.17, 15) is 19.1 Å². The molecule has 2 aliphatic rings. The van der Waals surface area contributed by atoms with Crippen molar-refractivity contribution in [1.82, 2.24) is 9.80 Å². The number of Topliss-reactive ketones (excluding diaryl/α,β-unsaturated/α-hetero) is 1. The molecule has 1 aromatic carbocycles. The number of aliphatic carboxylic acids is 2. The van der Waals surface area contributed by atoms with Gasteiger partial charge in [-0.1, -0.05) is 6.07 Å². The summed E-state index contributed by atoms with van der Waals surface area (Å²) in [5.41, 5.74) is 0.560. The van der Waals surface area contributed by atoms with Crippen LogP contribution >= 0.6 is 11.3 Å². The molecule has 0 aliphatic carbocycles. The molecule has 0 unspecified atom stereocenters. The van der Waals surface area contributed by atoms with Gasteiger partial charge in [0.05, 0.1) is 11.0 Å². The van der Waals surface area contributed by atoms with E-state index in [4.69, 9.17) is 19.8 Å². The summed E-state index contributed by atoms with van der Waals surface area (Å²) in [6.07, 6.45) is 1.61. The Morgan fingerprint density at radius 3 is 2.06 bits per heavy atom. The number of piperidine rings is 2. The molecule has 0 radical (unpaired) electrons. The number of carboxylic acids is 2. The zero-order valence-electron chi connectivity index (χ0n) is 18.9. The smallest absolute Gasteiger partial charge is 0.414 e. The van der Waals surface area contributed by atoms with Crippen LogP contribution in [-0.2, 0) is 9.59 Å². The van der Waals surface area contributed by atoms with E-state index in [-0.39, 0.29) is 29.5 Å². The van der Waals surface area contributed by atoms with Gasteiger partial charge in [0, 0.05) is 30.6 Å². The molecule has 0 saturated carbocycles. The first-order chi connectivity index (χ1) is 16.7. The fourth-order valence-corrected chi connectivity index (χ4v) is 5.12. The molecular weight excluding hydrogens is 479 g/mol. The third-order valence-corrected chi connectivity index (χ3v) is 7.10. The topological polar surface area (TPSA) is 135 Å². The van der Waals surface area contributed by atoms with Gasteiger partial charge in [-0.05, 0) is 68.1 Å². The zero-order chi connectivity index (χ0) is 25.5. The SMILES string of the molecule is O=C(O)C(=O)O.O=C(c1ccc(F)cc1)C1CCN([C@@H]2CCN(C(=O)c3cccs3)C[C@H]2O)CC1. The first-order valence-corrected chi connectivity index (χ1v) is 12.1. The molecule has 188 valence electrons. The fraction of sp³-hybridized carbons (Fsp3) is 0.417. The number of ketones is 1. The Hall–Kier alpha value is -3.15. The summed E-state index contributed by atoms with van der Waals surface area (Å²) in [5.74, 6) is -3.99. The van der Waals surface area contributed by atoms with Gasteiger partial charge in [-0.2, -0.15) is 0 Å². The van der Waals surface area contributed by atoms with Crippen LogP contribution in [0, 0.1) is 11.7 Å². The average Bonchev–Trinajstić information content (AvgIpc) is 3.39. The molecule has 35 heavy (non-hydrogen) atoms. The number of benzene rings is 1. The van der Waals surface area contributed by atoms with Crippen LogP contribution < -0.4 is 0 Å². The minimum Gasteiger partial charge on any atom is -0.473 e. The van der Waals surface area contributed by atoms with Crippen LogP contribution in [0.25, 0.3) is 0 Å². The van der Waals surface area contributed by atoms with E-state index < -0.39 is 18.0 Å². The number of carbonyl (C=O) groups is 4. The van der Waals surface area contributed by atoms with Crippen molar-refractivity contribution >= 4 is 35.0 Å². The summed E-state index contributed by atoms with van der Waals surface area (Å²) in [7, 11) is 0. The van der Waals surface area contributed by atoms with Gasteiger partial charge in [-0.25, -0.2) is 14.0 Å². The van der Waals surface area contributed by atoms with Gasteiger partial charge in [0.1, 0.15) is 5.82 Å². The maximum atomic E-state index is 13.1. The minimum atomic E-state index is -1.82. The van der Waals surface area contributed by atoms with Crippen molar-refractivity contribution in [1.29, 1.82) is 0 Å². The highest BCUT2D eigenvalue weighted by molar-refractivity contribution is 7.12. The molecule has 2 atom stereocenters. The Bertz CT molecular complexity index is 1020.